The van der Waals surface area contributed by atoms with Crippen LogP contribution in [0.4, 0.5) is 5.82 Å². The Morgan fingerprint density at radius 1 is 0.784 bits per heavy atom. The van der Waals surface area contributed by atoms with Crippen LogP contribution in [0.1, 0.15) is 87.5 Å². The van der Waals surface area contributed by atoms with Gasteiger partial charge < -0.3 is 20.8 Å². The summed E-state index contributed by atoms with van der Waals surface area (Å²) in [6.45, 7) is 1.20. The van der Waals surface area contributed by atoms with E-state index in [1.807, 2.05) is 0 Å². The number of nitrogens with zero attached hydrogens (tertiary/aromatic N) is 3. The molecule has 6 aliphatic rings. The molecule has 1 amide bonds. The van der Waals surface area contributed by atoms with Gasteiger partial charge in [-0.15, -0.1) is 0 Å². The van der Waals surface area contributed by atoms with Gasteiger partial charge in [0.2, 0.25) is 0 Å². The van der Waals surface area contributed by atoms with Crippen LogP contribution in [0.2, 0.25) is 0 Å². The first-order chi connectivity index (χ1) is 17.7. The number of carboxylic acids is 2. The summed E-state index contributed by atoms with van der Waals surface area (Å²) in [5.41, 5.74) is 0.190. The molecule has 198 valence electrons. The second-order valence-electron chi connectivity index (χ2n) is 12.2. The highest BCUT2D eigenvalue weighted by molar-refractivity contribution is 6.04. The van der Waals surface area contributed by atoms with E-state index in [-0.39, 0.29) is 22.4 Å². The minimum atomic E-state index is -0.684. The first-order valence-electron chi connectivity index (χ1n) is 13.4. The second kappa shape index (κ2) is 8.39. The van der Waals surface area contributed by atoms with Crippen LogP contribution < -0.4 is 10.6 Å². The van der Waals surface area contributed by atoms with Crippen molar-refractivity contribution in [2.75, 3.05) is 18.4 Å². The number of carboxylic acid groups (broad SMARTS) is 2. The van der Waals surface area contributed by atoms with Gasteiger partial charge in [0.25, 0.3) is 5.91 Å². The Morgan fingerprint density at radius 3 is 1.81 bits per heavy atom. The molecule has 0 spiro atoms. The van der Waals surface area contributed by atoms with Crippen LogP contribution in [0.3, 0.4) is 0 Å². The number of carbonyl (C=O) groups excluding carboxylic acids is 1. The zero-order valence-corrected chi connectivity index (χ0v) is 20.9. The van der Waals surface area contributed by atoms with Crippen LogP contribution in [0, 0.1) is 21.7 Å². The lowest BCUT2D eigenvalue weighted by atomic mass is 9.53. The van der Waals surface area contributed by atoms with E-state index in [1.54, 1.807) is 0 Å². The smallest absolute Gasteiger partial charge is 0.309 e. The molecule has 11 heteroatoms. The number of aliphatic carboxylic acids is 2. The summed E-state index contributed by atoms with van der Waals surface area (Å²) in [5.74, 6) is -1.06. The summed E-state index contributed by atoms with van der Waals surface area (Å²) in [6.07, 6.45) is 10.6. The minimum Gasteiger partial charge on any atom is -0.481 e. The third-order valence-electron chi connectivity index (χ3n) is 10.5. The fraction of sp³-hybridized carbons (Fsp3) is 0.692. The van der Waals surface area contributed by atoms with Crippen molar-refractivity contribution < 1.29 is 24.6 Å². The predicted molar refractivity (Wildman–Crippen MR) is 133 cm³/mol. The number of H-pyrrole nitrogens is 1. The molecule has 0 aliphatic heterocycles. The zero-order chi connectivity index (χ0) is 25.9. The molecule has 2 aromatic heterocycles. The summed E-state index contributed by atoms with van der Waals surface area (Å²) in [7, 11) is 0. The third-order valence-corrected chi connectivity index (χ3v) is 10.5. The van der Waals surface area contributed by atoms with Gasteiger partial charge in [0.05, 0.1) is 10.8 Å². The highest BCUT2D eigenvalue weighted by Crippen LogP contribution is 2.58. The van der Waals surface area contributed by atoms with Crippen molar-refractivity contribution in [2.45, 2.75) is 77.0 Å². The maximum Gasteiger partial charge on any atom is 0.309 e. The first kappa shape index (κ1) is 24.1. The second-order valence-corrected chi connectivity index (χ2v) is 12.2. The quantitative estimate of drug-likeness (QED) is 0.357. The maximum absolute atomic E-state index is 13.1. The summed E-state index contributed by atoms with van der Waals surface area (Å²) in [5, 5.41) is 33.0. The lowest BCUT2D eigenvalue weighted by Gasteiger charge is -2.51. The summed E-state index contributed by atoms with van der Waals surface area (Å²) in [4.78, 5) is 45.2. The molecule has 5 N–H and O–H groups in total. The van der Waals surface area contributed by atoms with Gasteiger partial charge in [-0.25, -0.2) is 9.97 Å². The van der Waals surface area contributed by atoms with Gasteiger partial charge in [-0.2, -0.15) is 5.10 Å². The van der Waals surface area contributed by atoms with Crippen molar-refractivity contribution >= 4 is 34.7 Å². The molecular weight excluding hydrogens is 476 g/mol. The van der Waals surface area contributed by atoms with E-state index in [0.717, 1.165) is 57.8 Å². The topological polar surface area (TPSA) is 170 Å². The molecule has 0 aromatic carbocycles. The van der Waals surface area contributed by atoms with E-state index < -0.39 is 22.8 Å². The third kappa shape index (κ3) is 3.85. The molecule has 11 nitrogen and oxygen atoms in total. The lowest BCUT2D eigenvalue weighted by molar-refractivity contribution is -0.159. The van der Waals surface area contributed by atoms with Crippen molar-refractivity contribution in [3.8, 4) is 0 Å². The Kier molecular flexibility index (Phi) is 5.47. The monoisotopic (exact) mass is 510 g/mol. The Balaban J connectivity index is 1.11. The van der Waals surface area contributed by atoms with E-state index in [1.165, 1.54) is 6.33 Å². The van der Waals surface area contributed by atoms with Crippen LogP contribution in [0.5, 0.6) is 0 Å². The molecule has 0 radical (unpaired) electrons. The average molecular weight is 511 g/mol. The standard InChI is InChI=1S/C26H34N6O5/c33-20(28-14-24-4-10-26(11-5-24,12-6-24)22(36)37)18-16-17(29-15-30-18)19(32-31-16)27-13-23-1-7-25(8-2-23,9-3-23)21(34)35/h15H,1-14H2,(H,28,33)(H,34,35)(H,36,37)(H2,27,31,32). The number of hydrogen-bond donors (Lipinski definition) is 5. The van der Waals surface area contributed by atoms with E-state index in [4.69, 9.17) is 0 Å². The molecule has 0 atom stereocenters. The fourth-order valence-corrected chi connectivity index (χ4v) is 7.45. The van der Waals surface area contributed by atoms with Crippen LogP contribution in [0.15, 0.2) is 6.33 Å². The number of aromatic amines is 1. The molecule has 0 unspecified atom stereocenters. The highest BCUT2D eigenvalue weighted by atomic mass is 16.4. The number of carbonyl (C=O) groups is 3. The molecule has 0 saturated heterocycles. The predicted octanol–water partition coefficient (Wildman–Crippen LogP) is 3.35. The van der Waals surface area contributed by atoms with E-state index >= 15 is 0 Å². The van der Waals surface area contributed by atoms with E-state index in [9.17, 15) is 24.6 Å². The van der Waals surface area contributed by atoms with Crippen LogP contribution in [0.25, 0.3) is 11.0 Å². The summed E-state index contributed by atoms with van der Waals surface area (Å²) < 4.78 is 0. The SMILES string of the molecule is O=C(NCC12CCC(C(=O)O)(CC1)CC2)c1ncnc2c(NCC34CCC(C(=O)O)(CC3)CC4)n[nH]c12. The Hall–Kier alpha value is -3.24. The van der Waals surface area contributed by atoms with Gasteiger partial charge in [-0.1, -0.05) is 0 Å². The highest BCUT2D eigenvalue weighted by Gasteiger charge is 2.53. The molecule has 37 heavy (non-hydrogen) atoms. The average Bonchev–Trinajstić information content (AvgIpc) is 3.36. The van der Waals surface area contributed by atoms with E-state index in [0.29, 0.717) is 49.2 Å². The number of hydrogen-bond acceptors (Lipinski definition) is 7. The largest absolute Gasteiger partial charge is 0.481 e. The molecule has 8 rings (SSSR count). The van der Waals surface area contributed by atoms with Crippen molar-refractivity contribution in [1.82, 2.24) is 25.5 Å². The van der Waals surface area contributed by atoms with Crippen molar-refractivity contribution in [1.29, 1.82) is 0 Å². The van der Waals surface area contributed by atoms with Gasteiger partial charge in [0.15, 0.2) is 11.5 Å². The fourth-order valence-electron chi connectivity index (χ4n) is 7.45. The molecule has 6 aliphatic carbocycles. The van der Waals surface area contributed by atoms with Gasteiger partial charge in [0, 0.05) is 13.1 Å². The number of amides is 1. The number of fused-ring (bicyclic) bond motifs is 7. The Bertz CT molecular complexity index is 1220. The molecule has 2 heterocycles. The Labute approximate surface area is 214 Å². The Morgan fingerprint density at radius 2 is 1.30 bits per heavy atom. The van der Waals surface area contributed by atoms with Gasteiger partial charge >= 0.3 is 11.9 Å². The summed E-state index contributed by atoms with van der Waals surface area (Å²) in [6, 6.07) is 0. The van der Waals surface area contributed by atoms with Crippen molar-refractivity contribution in [3.63, 3.8) is 0 Å². The maximum atomic E-state index is 13.1. The zero-order valence-electron chi connectivity index (χ0n) is 20.9. The van der Waals surface area contributed by atoms with Gasteiger partial charge in [0.1, 0.15) is 17.4 Å². The lowest BCUT2D eigenvalue weighted by Crippen LogP contribution is -2.50. The van der Waals surface area contributed by atoms with Crippen LogP contribution >= 0.6 is 0 Å². The van der Waals surface area contributed by atoms with Crippen molar-refractivity contribution in [2.24, 2.45) is 21.7 Å². The van der Waals surface area contributed by atoms with Gasteiger partial charge in [-0.05, 0) is 87.9 Å². The normalized spacial score (nSPS) is 34.4. The van der Waals surface area contributed by atoms with Gasteiger partial charge in [-0.3, -0.25) is 19.5 Å². The molecule has 6 saturated carbocycles. The molecule has 4 bridgehead atoms. The van der Waals surface area contributed by atoms with Crippen LogP contribution in [-0.2, 0) is 9.59 Å². The molecular formula is C26H34N6O5. The minimum absolute atomic E-state index is 0.0444. The molecule has 6 fully saturated rings. The number of anilines is 1. The van der Waals surface area contributed by atoms with Crippen molar-refractivity contribution in [3.05, 3.63) is 12.0 Å². The van der Waals surface area contributed by atoms with Crippen LogP contribution in [-0.4, -0.2) is 61.3 Å². The number of aromatic nitrogens is 4. The first-order valence-corrected chi connectivity index (χ1v) is 13.4. The van der Waals surface area contributed by atoms with E-state index in [2.05, 4.69) is 30.8 Å². The number of rotatable bonds is 8. The molecule has 2 aromatic rings. The summed E-state index contributed by atoms with van der Waals surface area (Å²) >= 11 is 0. The number of nitrogens with one attached hydrogen (secondary N) is 3.